The van der Waals surface area contributed by atoms with E-state index in [0.29, 0.717) is 0 Å². The van der Waals surface area contributed by atoms with E-state index in [2.05, 4.69) is 25.8 Å². The number of ether oxygens (including phenoxy) is 1. The van der Waals surface area contributed by atoms with E-state index >= 15 is 0 Å². The second-order valence-corrected chi connectivity index (χ2v) is 6.45. The van der Waals surface area contributed by atoms with Crippen LogP contribution in [0.1, 0.15) is 31.5 Å². The van der Waals surface area contributed by atoms with E-state index < -0.39 is 0 Å². The average Bonchev–Trinajstić information content (AvgIpc) is 3.38. The van der Waals surface area contributed by atoms with Crippen LogP contribution in [0.25, 0.3) is 5.65 Å². The quantitative estimate of drug-likeness (QED) is 0.389. The average molecular weight is 344 g/mol. The van der Waals surface area contributed by atoms with Gasteiger partial charge in [-0.15, -0.1) is 10.2 Å². The molecule has 136 valence electrons. The molecule has 0 amide bonds. The first-order chi connectivity index (χ1) is 12.4. The number of nitrogens with zero attached hydrogens (tertiary/aromatic N) is 4. The maximum absolute atomic E-state index is 5.63. The Labute approximate surface area is 148 Å². The molecule has 1 fully saturated rings. The second kappa shape index (κ2) is 9.36. The van der Waals surface area contributed by atoms with E-state index in [0.717, 1.165) is 68.9 Å². The molecular formula is C18H28N6O. The molecule has 0 radical (unpaired) electrons. The molecule has 2 N–H and O–H groups in total. The summed E-state index contributed by atoms with van der Waals surface area (Å²) >= 11 is 0. The number of nitrogens with one attached hydrogen (secondary N) is 2. The van der Waals surface area contributed by atoms with Crippen LogP contribution in [0.4, 0.5) is 0 Å². The molecular weight excluding hydrogens is 316 g/mol. The normalized spacial score (nSPS) is 14.8. The lowest BCUT2D eigenvalue weighted by Gasteiger charge is -2.11. The minimum absolute atomic E-state index is 0.820. The van der Waals surface area contributed by atoms with Gasteiger partial charge in [0.25, 0.3) is 0 Å². The van der Waals surface area contributed by atoms with Gasteiger partial charge in [0.15, 0.2) is 11.6 Å². The van der Waals surface area contributed by atoms with E-state index in [1.807, 2.05) is 28.8 Å². The highest BCUT2D eigenvalue weighted by Crippen LogP contribution is 2.28. The molecule has 2 aromatic rings. The van der Waals surface area contributed by atoms with Crippen LogP contribution in [0.3, 0.4) is 0 Å². The number of aryl methyl sites for hydroxylation is 1. The highest BCUT2D eigenvalue weighted by atomic mass is 16.5. The smallest absolute Gasteiger partial charge is 0.190 e. The van der Waals surface area contributed by atoms with Crippen molar-refractivity contribution in [2.45, 2.75) is 32.1 Å². The Hall–Kier alpha value is -2.15. The van der Waals surface area contributed by atoms with Crippen LogP contribution in [0.2, 0.25) is 0 Å². The summed E-state index contributed by atoms with van der Waals surface area (Å²) in [5.41, 5.74) is 0.895. The Kier molecular flexibility index (Phi) is 6.62. The third kappa shape index (κ3) is 5.70. The van der Waals surface area contributed by atoms with Gasteiger partial charge < -0.3 is 15.4 Å². The maximum atomic E-state index is 5.63. The summed E-state index contributed by atoms with van der Waals surface area (Å²) in [5.74, 6) is 2.67. The van der Waals surface area contributed by atoms with Crippen LogP contribution in [0.5, 0.6) is 0 Å². The standard InChI is InChI=1S/C18H28N6O/c1-19-18(21-11-5-13-25-14-15-8-9-15)20-10-4-7-17-23-22-16-6-2-3-12-24(16)17/h2-3,6,12,15H,4-5,7-11,13-14H2,1H3,(H2,19,20,21). The summed E-state index contributed by atoms with van der Waals surface area (Å²) in [7, 11) is 1.80. The molecule has 1 aliphatic rings. The van der Waals surface area contributed by atoms with Crippen LogP contribution < -0.4 is 10.6 Å². The van der Waals surface area contributed by atoms with Crippen molar-refractivity contribution in [3.05, 3.63) is 30.2 Å². The zero-order valence-corrected chi connectivity index (χ0v) is 14.9. The van der Waals surface area contributed by atoms with Gasteiger partial charge in [-0.05, 0) is 43.7 Å². The molecule has 3 rings (SSSR count). The summed E-state index contributed by atoms with van der Waals surface area (Å²) in [6, 6.07) is 5.94. The number of hydrogen-bond acceptors (Lipinski definition) is 4. The van der Waals surface area contributed by atoms with Crippen molar-refractivity contribution in [2.75, 3.05) is 33.4 Å². The first-order valence-electron chi connectivity index (χ1n) is 9.17. The van der Waals surface area contributed by atoms with Crippen LogP contribution in [-0.2, 0) is 11.2 Å². The monoisotopic (exact) mass is 344 g/mol. The Bertz CT molecular complexity index is 679. The van der Waals surface area contributed by atoms with Crippen LogP contribution in [0, 0.1) is 5.92 Å². The molecule has 7 heteroatoms. The largest absolute Gasteiger partial charge is 0.381 e. The molecule has 0 spiro atoms. The van der Waals surface area contributed by atoms with E-state index in [-0.39, 0.29) is 0 Å². The zero-order chi connectivity index (χ0) is 17.3. The maximum Gasteiger partial charge on any atom is 0.190 e. The fraction of sp³-hybridized carbons (Fsp3) is 0.611. The van der Waals surface area contributed by atoms with Crippen molar-refractivity contribution in [1.29, 1.82) is 0 Å². The highest BCUT2D eigenvalue weighted by molar-refractivity contribution is 5.79. The molecule has 25 heavy (non-hydrogen) atoms. The lowest BCUT2D eigenvalue weighted by molar-refractivity contribution is 0.123. The number of fused-ring (bicyclic) bond motifs is 1. The van der Waals surface area contributed by atoms with Gasteiger partial charge in [0.1, 0.15) is 5.82 Å². The summed E-state index contributed by atoms with van der Waals surface area (Å²) in [6.45, 7) is 3.48. The lowest BCUT2D eigenvalue weighted by Crippen LogP contribution is -2.38. The SMILES string of the molecule is CN=C(NCCCOCC1CC1)NCCCc1nnc2ccccn12. The fourth-order valence-corrected chi connectivity index (χ4v) is 2.65. The predicted molar refractivity (Wildman–Crippen MR) is 98.8 cm³/mol. The molecule has 0 aliphatic heterocycles. The number of rotatable bonds is 10. The molecule has 0 aromatic carbocycles. The predicted octanol–water partition coefficient (Wildman–Crippen LogP) is 1.64. The van der Waals surface area contributed by atoms with Crippen molar-refractivity contribution >= 4 is 11.6 Å². The third-order valence-corrected chi connectivity index (χ3v) is 4.29. The second-order valence-electron chi connectivity index (χ2n) is 6.45. The molecule has 0 unspecified atom stereocenters. The van der Waals surface area contributed by atoms with Gasteiger partial charge in [0.05, 0.1) is 0 Å². The van der Waals surface area contributed by atoms with Crippen molar-refractivity contribution in [1.82, 2.24) is 25.2 Å². The molecule has 0 atom stereocenters. The molecule has 0 bridgehead atoms. The van der Waals surface area contributed by atoms with Crippen molar-refractivity contribution in [3.8, 4) is 0 Å². The fourth-order valence-electron chi connectivity index (χ4n) is 2.65. The van der Waals surface area contributed by atoms with E-state index in [4.69, 9.17) is 4.74 Å². The molecule has 2 heterocycles. The van der Waals surface area contributed by atoms with E-state index in [1.165, 1.54) is 12.8 Å². The topological polar surface area (TPSA) is 75.8 Å². The Morgan fingerprint density at radius 3 is 2.88 bits per heavy atom. The number of hydrogen-bond donors (Lipinski definition) is 2. The minimum Gasteiger partial charge on any atom is -0.381 e. The number of aliphatic imine (C=N–C) groups is 1. The number of aromatic nitrogens is 3. The minimum atomic E-state index is 0.820. The number of pyridine rings is 1. The molecule has 2 aromatic heterocycles. The van der Waals surface area contributed by atoms with Crippen molar-refractivity contribution < 1.29 is 4.74 Å². The Balaban J connectivity index is 1.27. The number of guanidine groups is 1. The molecule has 7 nitrogen and oxygen atoms in total. The summed E-state index contributed by atoms with van der Waals surface area (Å²) < 4.78 is 7.67. The van der Waals surface area contributed by atoms with Gasteiger partial charge >= 0.3 is 0 Å². The van der Waals surface area contributed by atoms with E-state index in [1.54, 1.807) is 7.05 Å². The molecule has 1 aliphatic carbocycles. The van der Waals surface area contributed by atoms with Gasteiger partial charge in [0.2, 0.25) is 0 Å². The van der Waals surface area contributed by atoms with Crippen molar-refractivity contribution in [3.63, 3.8) is 0 Å². The highest BCUT2D eigenvalue weighted by Gasteiger charge is 2.20. The van der Waals surface area contributed by atoms with E-state index in [9.17, 15) is 0 Å². The lowest BCUT2D eigenvalue weighted by atomic mass is 10.3. The first kappa shape index (κ1) is 17.7. The molecule has 0 saturated heterocycles. The van der Waals surface area contributed by atoms with Gasteiger partial charge in [-0.25, -0.2) is 0 Å². The van der Waals surface area contributed by atoms with Crippen LogP contribution >= 0.6 is 0 Å². The van der Waals surface area contributed by atoms with Crippen LogP contribution in [-0.4, -0.2) is 53.9 Å². The third-order valence-electron chi connectivity index (χ3n) is 4.29. The van der Waals surface area contributed by atoms with Gasteiger partial charge in [-0.1, -0.05) is 6.07 Å². The first-order valence-corrected chi connectivity index (χ1v) is 9.17. The molecule has 1 saturated carbocycles. The summed E-state index contributed by atoms with van der Waals surface area (Å²) in [5, 5.41) is 15.1. The zero-order valence-electron chi connectivity index (χ0n) is 14.9. The Morgan fingerprint density at radius 1 is 1.24 bits per heavy atom. The Morgan fingerprint density at radius 2 is 2.08 bits per heavy atom. The van der Waals surface area contributed by atoms with Gasteiger partial charge in [-0.2, -0.15) is 0 Å². The summed E-state index contributed by atoms with van der Waals surface area (Å²) in [4.78, 5) is 4.25. The van der Waals surface area contributed by atoms with Crippen molar-refractivity contribution in [2.24, 2.45) is 10.9 Å². The van der Waals surface area contributed by atoms with Gasteiger partial charge in [0, 0.05) is 46.0 Å². The van der Waals surface area contributed by atoms with Crippen LogP contribution in [0.15, 0.2) is 29.4 Å². The summed E-state index contributed by atoms with van der Waals surface area (Å²) in [6.07, 6.45) is 7.55. The van der Waals surface area contributed by atoms with Gasteiger partial charge in [-0.3, -0.25) is 9.39 Å².